The maximum Gasteiger partial charge on any atom is 0.328 e. The number of carboxylic acid groups (broad SMARTS) is 1. The number of hydrazine groups is 1. The second-order valence-corrected chi connectivity index (χ2v) is 9.02. The van der Waals surface area contributed by atoms with Gasteiger partial charge >= 0.3 is 5.97 Å². The Balaban J connectivity index is 2.23. The second kappa shape index (κ2) is 13.4. The number of aliphatic carboxylic acids is 1. The lowest BCUT2D eigenvalue weighted by Crippen LogP contribution is -2.60. The van der Waals surface area contributed by atoms with Crippen molar-refractivity contribution in [3.8, 4) is 0 Å². The lowest BCUT2D eigenvalue weighted by atomic mass is 10.0. The molecule has 8 nitrogen and oxygen atoms in total. The molecular formula is C25H31N3O5S. The van der Waals surface area contributed by atoms with Gasteiger partial charge in [0.15, 0.2) is 6.04 Å². The summed E-state index contributed by atoms with van der Waals surface area (Å²) in [7, 11) is 0. The number of thiol groups is 1. The van der Waals surface area contributed by atoms with E-state index in [1.807, 2.05) is 44.2 Å². The number of benzene rings is 2. The van der Waals surface area contributed by atoms with Gasteiger partial charge in [0.1, 0.15) is 6.04 Å². The van der Waals surface area contributed by atoms with E-state index >= 15 is 0 Å². The quantitative estimate of drug-likeness (QED) is 0.197. The predicted octanol–water partition coefficient (Wildman–Crippen LogP) is 2.24. The molecule has 3 atom stereocenters. The summed E-state index contributed by atoms with van der Waals surface area (Å²) in [6.45, 7) is 3.76. The Labute approximate surface area is 205 Å². The van der Waals surface area contributed by atoms with Crippen LogP contribution in [0.2, 0.25) is 0 Å². The van der Waals surface area contributed by atoms with Gasteiger partial charge in [0, 0.05) is 6.42 Å². The van der Waals surface area contributed by atoms with Gasteiger partial charge in [0.05, 0.1) is 5.25 Å². The Kier molecular flexibility index (Phi) is 10.6. The third-order valence-electron chi connectivity index (χ3n) is 5.19. The van der Waals surface area contributed by atoms with Crippen molar-refractivity contribution in [1.29, 1.82) is 0 Å². The zero-order valence-corrected chi connectivity index (χ0v) is 20.2. The van der Waals surface area contributed by atoms with E-state index in [0.717, 1.165) is 10.6 Å². The van der Waals surface area contributed by atoms with E-state index in [9.17, 15) is 24.3 Å². The van der Waals surface area contributed by atoms with E-state index < -0.39 is 35.1 Å². The third kappa shape index (κ3) is 8.22. The molecule has 34 heavy (non-hydrogen) atoms. The van der Waals surface area contributed by atoms with Gasteiger partial charge in [-0.05, 0) is 29.9 Å². The summed E-state index contributed by atoms with van der Waals surface area (Å²) >= 11 is 4.40. The van der Waals surface area contributed by atoms with Crippen molar-refractivity contribution < 1.29 is 24.3 Å². The number of rotatable bonds is 13. The van der Waals surface area contributed by atoms with Crippen LogP contribution in [-0.4, -0.2) is 51.6 Å². The van der Waals surface area contributed by atoms with E-state index in [0.29, 0.717) is 12.0 Å². The summed E-state index contributed by atoms with van der Waals surface area (Å²) in [4.78, 5) is 49.6. The summed E-state index contributed by atoms with van der Waals surface area (Å²) in [6.07, 6.45) is 0.851. The molecule has 0 saturated carbocycles. The van der Waals surface area contributed by atoms with Gasteiger partial charge in [-0.3, -0.25) is 19.8 Å². The van der Waals surface area contributed by atoms with E-state index in [2.05, 4.69) is 23.4 Å². The Bertz CT molecular complexity index is 956. The van der Waals surface area contributed by atoms with Gasteiger partial charge in [-0.25, -0.2) is 9.80 Å². The topological polar surface area (TPSA) is 116 Å². The van der Waals surface area contributed by atoms with Gasteiger partial charge in [0.25, 0.3) is 5.91 Å². The number of nitrogens with zero attached hydrogens (tertiary/aromatic N) is 1. The zero-order valence-electron chi connectivity index (χ0n) is 19.3. The number of carboxylic acids is 1. The molecule has 182 valence electrons. The molecule has 0 heterocycles. The monoisotopic (exact) mass is 485 g/mol. The number of carbonyl (C=O) groups excluding carboxylic acids is 3. The van der Waals surface area contributed by atoms with E-state index in [1.165, 1.54) is 0 Å². The molecule has 0 aliphatic rings. The first-order chi connectivity index (χ1) is 16.2. The third-order valence-corrected chi connectivity index (χ3v) is 5.61. The molecule has 0 radical (unpaired) electrons. The van der Waals surface area contributed by atoms with Crippen LogP contribution in [0, 0.1) is 5.92 Å². The number of amides is 3. The lowest BCUT2D eigenvalue weighted by molar-refractivity contribution is -0.156. The molecule has 1 unspecified atom stereocenters. The number of nitrogens with one attached hydrogen (secondary N) is 2. The molecule has 9 heteroatoms. The molecule has 3 N–H and O–H groups in total. The summed E-state index contributed by atoms with van der Waals surface area (Å²) in [6, 6.07) is 15.7. The highest BCUT2D eigenvalue weighted by Gasteiger charge is 2.36. The Morgan fingerprint density at radius 3 is 1.97 bits per heavy atom. The standard InChI is InChI=1S/C25H31N3O5S/c1-17(2)13-20(27-23(30)22(34)15-19-11-7-4-8-12-19)24(31)28(26-16-29)21(25(32)33)14-18-9-5-3-6-10-18/h3-12,16-17,20-22,34H,13-15H2,1-2H3,(H,26,29)(H,27,30)(H,32,33)/t20-,21-,22?/m0/s1. The molecule has 0 bridgehead atoms. The first-order valence-corrected chi connectivity index (χ1v) is 11.6. The van der Waals surface area contributed by atoms with Crippen molar-refractivity contribution in [3.63, 3.8) is 0 Å². The van der Waals surface area contributed by atoms with Gasteiger partial charge in [0.2, 0.25) is 12.3 Å². The molecule has 3 amide bonds. The van der Waals surface area contributed by atoms with Crippen LogP contribution in [0.1, 0.15) is 31.4 Å². The molecule has 2 rings (SSSR count). The Hall–Kier alpha value is -3.33. The highest BCUT2D eigenvalue weighted by atomic mass is 32.1. The van der Waals surface area contributed by atoms with Gasteiger partial charge in [-0.15, -0.1) is 0 Å². The van der Waals surface area contributed by atoms with E-state index in [-0.39, 0.29) is 25.2 Å². The highest BCUT2D eigenvalue weighted by Crippen LogP contribution is 2.15. The van der Waals surface area contributed by atoms with Crippen molar-refractivity contribution in [2.45, 2.75) is 50.4 Å². The van der Waals surface area contributed by atoms with Crippen LogP contribution < -0.4 is 10.7 Å². The summed E-state index contributed by atoms with van der Waals surface area (Å²) in [5.74, 6) is -2.43. The number of hydrogen-bond donors (Lipinski definition) is 4. The van der Waals surface area contributed by atoms with Crippen molar-refractivity contribution in [2.24, 2.45) is 5.92 Å². The highest BCUT2D eigenvalue weighted by molar-refractivity contribution is 7.81. The molecule has 0 aliphatic heterocycles. The summed E-state index contributed by atoms with van der Waals surface area (Å²) in [5, 5.41) is 12.6. The van der Waals surface area contributed by atoms with Gasteiger partial charge in [-0.1, -0.05) is 74.5 Å². The van der Waals surface area contributed by atoms with Crippen molar-refractivity contribution in [1.82, 2.24) is 15.8 Å². The molecule has 0 saturated heterocycles. The van der Waals surface area contributed by atoms with Crippen LogP contribution in [0.25, 0.3) is 0 Å². The minimum atomic E-state index is -1.36. The first kappa shape index (κ1) is 26.9. The van der Waals surface area contributed by atoms with E-state index in [4.69, 9.17) is 0 Å². The first-order valence-electron chi connectivity index (χ1n) is 11.0. The van der Waals surface area contributed by atoms with Crippen LogP contribution in [0.5, 0.6) is 0 Å². The minimum Gasteiger partial charge on any atom is -0.480 e. The van der Waals surface area contributed by atoms with Crippen LogP contribution in [0.3, 0.4) is 0 Å². The Morgan fingerprint density at radius 1 is 0.971 bits per heavy atom. The van der Waals surface area contributed by atoms with Crippen molar-refractivity contribution in [3.05, 3.63) is 71.8 Å². The SMILES string of the molecule is CC(C)C[C@H](NC(=O)C(S)Cc1ccccc1)C(=O)N(NC=O)[C@@H](Cc1ccccc1)C(=O)O. The Morgan fingerprint density at radius 2 is 1.50 bits per heavy atom. The summed E-state index contributed by atoms with van der Waals surface area (Å²) < 4.78 is 0. The van der Waals surface area contributed by atoms with Crippen LogP contribution in [0.15, 0.2) is 60.7 Å². The van der Waals surface area contributed by atoms with Gasteiger partial charge < -0.3 is 10.4 Å². The smallest absolute Gasteiger partial charge is 0.328 e. The maximum absolute atomic E-state index is 13.4. The fourth-order valence-electron chi connectivity index (χ4n) is 3.55. The van der Waals surface area contributed by atoms with E-state index in [1.54, 1.807) is 30.3 Å². The normalized spacial score (nSPS) is 13.4. The molecule has 0 aliphatic carbocycles. The van der Waals surface area contributed by atoms with Crippen LogP contribution >= 0.6 is 12.6 Å². The van der Waals surface area contributed by atoms with Crippen molar-refractivity contribution >= 4 is 36.8 Å². The average Bonchev–Trinajstić information content (AvgIpc) is 2.81. The molecule has 0 fully saturated rings. The molecule has 2 aromatic rings. The van der Waals surface area contributed by atoms with Gasteiger partial charge in [-0.2, -0.15) is 12.6 Å². The largest absolute Gasteiger partial charge is 0.480 e. The van der Waals surface area contributed by atoms with Crippen LogP contribution in [0.4, 0.5) is 0 Å². The maximum atomic E-state index is 13.4. The van der Waals surface area contributed by atoms with Crippen molar-refractivity contribution in [2.75, 3.05) is 0 Å². The fraction of sp³-hybridized carbons (Fsp3) is 0.360. The molecule has 0 spiro atoms. The average molecular weight is 486 g/mol. The fourth-order valence-corrected chi connectivity index (χ4v) is 3.83. The summed E-state index contributed by atoms with van der Waals surface area (Å²) in [5.41, 5.74) is 3.83. The minimum absolute atomic E-state index is 0.0113. The molecule has 0 aromatic heterocycles. The zero-order chi connectivity index (χ0) is 25.1. The number of hydrogen-bond acceptors (Lipinski definition) is 5. The van der Waals surface area contributed by atoms with Crippen LogP contribution in [-0.2, 0) is 32.0 Å². The predicted molar refractivity (Wildman–Crippen MR) is 132 cm³/mol. The molecular weight excluding hydrogens is 454 g/mol. The number of carbonyl (C=O) groups is 4. The lowest BCUT2D eigenvalue weighted by Gasteiger charge is -2.32. The molecule has 2 aromatic carbocycles. The second-order valence-electron chi connectivity index (χ2n) is 8.40.